The first-order valence-corrected chi connectivity index (χ1v) is 6.82. The average Bonchev–Trinajstić information content (AvgIpc) is 2.97. The van der Waals surface area contributed by atoms with Gasteiger partial charge in [0.15, 0.2) is 11.3 Å². The second-order valence-corrected chi connectivity index (χ2v) is 5.10. The molecule has 0 saturated carbocycles. The van der Waals surface area contributed by atoms with E-state index in [-0.39, 0.29) is 5.57 Å². The average molecular weight is 314 g/mol. The van der Waals surface area contributed by atoms with Gasteiger partial charge in [-0.1, -0.05) is 12.1 Å². The number of ether oxygens (including phenoxy) is 1. The highest BCUT2D eigenvalue weighted by molar-refractivity contribution is 6.30. The van der Waals surface area contributed by atoms with Gasteiger partial charge in [0.25, 0.3) is 11.8 Å². The Balaban J connectivity index is 2.08. The third kappa shape index (κ3) is 2.26. The third-order valence-corrected chi connectivity index (χ3v) is 3.68. The number of hydrogen-bond acceptors (Lipinski definition) is 5. The van der Waals surface area contributed by atoms with E-state index < -0.39 is 17.8 Å². The van der Waals surface area contributed by atoms with Crippen LogP contribution >= 0.6 is 0 Å². The molecule has 23 heavy (non-hydrogen) atoms. The molecular weight excluding hydrogens is 300 g/mol. The highest BCUT2D eigenvalue weighted by Gasteiger charge is 2.38. The molecule has 0 unspecified atom stereocenters. The van der Waals surface area contributed by atoms with Crippen LogP contribution in [-0.2, 0) is 9.59 Å². The number of para-hydroxylation sites is 1. The molecule has 1 aliphatic rings. The largest absolute Gasteiger partial charge is 0.493 e. The molecule has 1 aromatic heterocycles. The minimum atomic E-state index is -0.663. The van der Waals surface area contributed by atoms with E-state index in [0.717, 1.165) is 15.2 Å². The number of methoxy groups -OCH3 is 1. The van der Waals surface area contributed by atoms with Crippen molar-refractivity contribution in [3.63, 3.8) is 0 Å². The summed E-state index contributed by atoms with van der Waals surface area (Å²) in [5, 5.41) is 0.782. The zero-order valence-electron chi connectivity index (χ0n) is 12.8. The fraction of sp³-hybridized carbons (Fsp3) is 0.188. The predicted octanol–water partition coefficient (Wildman–Crippen LogP) is 1.88. The van der Waals surface area contributed by atoms with Crippen LogP contribution in [-0.4, -0.2) is 48.9 Å². The van der Waals surface area contributed by atoms with E-state index in [1.165, 1.54) is 27.3 Å². The van der Waals surface area contributed by atoms with Crippen molar-refractivity contribution in [2.75, 3.05) is 21.2 Å². The molecule has 1 aliphatic heterocycles. The molecule has 7 nitrogen and oxygen atoms in total. The van der Waals surface area contributed by atoms with Crippen molar-refractivity contribution in [2.45, 2.75) is 0 Å². The summed E-state index contributed by atoms with van der Waals surface area (Å²) in [4.78, 5) is 37.8. The number of likely N-dealkylation sites (N-methyl/N-ethyl adjacent to an activating group) is 2. The van der Waals surface area contributed by atoms with Crippen LogP contribution in [0.15, 0.2) is 34.3 Å². The number of amides is 4. The van der Waals surface area contributed by atoms with Crippen molar-refractivity contribution < 1.29 is 23.5 Å². The van der Waals surface area contributed by atoms with E-state index in [1.807, 2.05) is 12.1 Å². The van der Waals surface area contributed by atoms with E-state index in [2.05, 4.69) is 0 Å². The van der Waals surface area contributed by atoms with Gasteiger partial charge in [0, 0.05) is 19.5 Å². The van der Waals surface area contributed by atoms with Gasteiger partial charge in [-0.3, -0.25) is 19.4 Å². The Hall–Kier alpha value is -3.09. The topological polar surface area (TPSA) is 80.1 Å². The minimum Gasteiger partial charge on any atom is -0.493 e. The van der Waals surface area contributed by atoms with Gasteiger partial charge in [0.1, 0.15) is 11.3 Å². The first kappa shape index (κ1) is 14.8. The number of urea groups is 1. The molecule has 3 rings (SSSR count). The Morgan fingerprint density at radius 3 is 2.35 bits per heavy atom. The summed E-state index contributed by atoms with van der Waals surface area (Å²) in [5.74, 6) is -0.439. The van der Waals surface area contributed by atoms with Crippen LogP contribution in [0.5, 0.6) is 5.75 Å². The van der Waals surface area contributed by atoms with E-state index in [9.17, 15) is 14.4 Å². The lowest BCUT2D eigenvalue weighted by Crippen LogP contribution is -2.52. The molecule has 0 spiro atoms. The van der Waals surface area contributed by atoms with Crippen molar-refractivity contribution in [2.24, 2.45) is 0 Å². The maximum absolute atomic E-state index is 12.2. The quantitative estimate of drug-likeness (QED) is 0.624. The summed E-state index contributed by atoms with van der Waals surface area (Å²) >= 11 is 0. The van der Waals surface area contributed by atoms with Crippen LogP contribution in [0, 0.1) is 0 Å². The fourth-order valence-corrected chi connectivity index (χ4v) is 2.41. The molecule has 4 amide bonds. The standard InChI is InChI=1S/C16H14N2O5/c1-17-14(19)11(15(20)18(2)16(17)21)8-10-7-9-5-4-6-12(22-3)13(9)23-10/h4-8H,1-3H3. The molecule has 0 radical (unpaired) electrons. The van der Waals surface area contributed by atoms with E-state index in [1.54, 1.807) is 12.1 Å². The van der Waals surface area contributed by atoms with Crippen molar-refractivity contribution in [1.82, 2.24) is 9.80 Å². The summed E-state index contributed by atoms with van der Waals surface area (Å²) in [5.41, 5.74) is 0.392. The summed E-state index contributed by atoms with van der Waals surface area (Å²) in [6.45, 7) is 0. The third-order valence-electron chi connectivity index (χ3n) is 3.68. The second kappa shape index (κ2) is 5.28. The number of carbonyl (C=O) groups excluding carboxylic acids is 3. The molecule has 2 heterocycles. The number of furan rings is 1. The smallest absolute Gasteiger partial charge is 0.333 e. The van der Waals surface area contributed by atoms with Crippen molar-refractivity contribution in [3.05, 3.63) is 35.6 Å². The molecule has 7 heteroatoms. The van der Waals surface area contributed by atoms with Crippen LogP contribution in [0.3, 0.4) is 0 Å². The molecule has 1 saturated heterocycles. The van der Waals surface area contributed by atoms with Crippen LogP contribution < -0.4 is 4.74 Å². The zero-order valence-corrected chi connectivity index (χ0v) is 12.8. The minimum absolute atomic E-state index is 0.132. The van der Waals surface area contributed by atoms with Crippen LogP contribution in [0.2, 0.25) is 0 Å². The van der Waals surface area contributed by atoms with E-state index >= 15 is 0 Å². The lowest BCUT2D eigenvalue weighted by molar-refractivity contribution is -0.134. The summed E-state index contributed by atoms with van der Waals surface area (Å²) < 4.78 is 10.9. The summed E-state index contributed by atoms with van der Waals surface area (Å²) in [7, 11) is 4.17. The van der Waals surface area contributed by atoms with Gasteiger partial charge in [-0.25, -0.2) is 4.79 Å². The van der Waals surface area contributed by atoms with Gasteiger partial charge >= 0.3 is 6.03 Å². The Labute approximate surface area is 131 Å². The number of imide groups is 2. The van der Waals surface area contributed by atoms with Gasteiger partial charge in [-0.05, 0) is 18.2 Å². The lowest BCUT2D eigenvalue weighted by atomic mass is 10.1. The number of benzene rings is 1. The van der Waals surface area contributed by atoms with Gasteiger partial charge in [0.05, 0.1) is 7.11 Å². The Bertz CT molecular complexity index is 838. The Morgan fingerprint density at radius 1 is 1.09 bits per heavy atom. The number of rotatable bonds is 2. The molecule has 0 aliphatic carbocycles. The predicted molar refractivity (Wildman–Crippen MR) is 81.7 cm³/mol. The van der Waals surface area contributed by atoms with Gasteiger partial charge in [0.2, 0.25) is 0 Å². The Morgan fingerprint density at radius 2 is 1.74 bits per heavy atom. The SMILES string of the molecule is COc1cccc2cc(C=C3C(=O)N(C)C(=O)N(C)C3=O)oc12. The van der Waals surface area contributed by atoms with Crippen LogP contribution in [0.4, 0.5) is 4.79 Å². The summed E-state index contributed by atoms with van der Waals surface area (Å²) in [6.07, 6.45) is 1.34. The molecule has 0 bridgehead atoms. The number of barbiturate groups is 1. The highest BCUT2D eigenvalue weighted by Crippen LogP contribution is 2.30. The highest BCUT2D eigenvalue weighted by atomic mass is 16.5. The van der Waals surface area contributed by atoms with E-state index in [4.69, 9.17) is 9.15 Å². The molecule has 2 aromatic rings. The van der Waals surface area contributed by atoms with Gasteiger partial charge < -0.3 is 9.15 Å². The van der Waals surface area contributed by atoms with Crippen LogP contribution in [0.25, 0.3) is 17.0 Å². The van der Waals surface area contributed by atoms with Crippen molar-refractivity contribution in [3.8, 4) is 5.75 Å². The zero-order chi connectivity index (χ0) is 16.7. The van der Waals surface area contributed by atoms with Crippen molar-refractivity contribution >= 4 is 34.9 Å². The molecular formula is C16H14N2O5. The maximum atomic E-state index is 12.2. The first-order chi connectivity index (χ1) is 10.9. The normalized spacial score (nSPS) is 15.6. The van der Waals surface area contributed by atoms with Crippen LogP contribution in [0.1, 0.15) is 5.76 Å². The maximum Gasteiger partial charge on any atom is 0.333 e. The fourth-order valence-electron chi connectivity index (χ4n) is 2.41. The molecule has 0 N–H and O–H groups in total. The first-order valence-electron chi connectivity index (χ1n) is 6.82. The number of fused-ring (bicyclic) bond motifs is 1. The monoisotopic (exact) mass is 314 g/mol. The molecule has 1 fully saturated rings. The second-order valence-electron chi connectivity index (χ2n) is 5.10. The number of nitrogens with zero attached hydrogens (tertiary/aromatic N) is 2. The molecule has 118 valence electrons. The lowest BCUT2D eigenvalue weighted by Gasteiger charge is -2.28. The molecule has 0 atom stereocenters. The van der Waals surface area contributed by atoms with Crippen molar-refractivity contribution in [1.29, 1.82) is 0 Å². The Kier molecular flexibility index (Phi) is 3.40. The molecule has 1 aromatic carbocycles. The number of carbonyl (C=O) groups is 3. The van der Waals surface area contributed by atoms with E-state index in [0.29, 0.717) is 17.1 Å². The summed E-state index contributed by atoms with van der Waals surface area (Å²) in [6, 6.07) is 6.42. The van der Waals surface area contributed by atoms with Gasteiger partial charge in [-0.15, -0.1) is 0 Å². The van der Waals surface area contributed by atoms with Gasteiger partial charge in [-0.2, -0.15) is 0 Å². The number of hydrogen-bond donors (Lipinski definition) is 0.